The van der Waals surface area contributed by atoms with Gasteiger partial charge in [0.05, 0.1) is 25.3 Å². The summed E-state index contributed by atoms with van der Waals surface area (Å²) >= 11 is 0. The molecular weight excluding hydrogens is 378 g/mol. The zero-order chi connectivity index (χ0) is 22.0. The van der Waals surface area contributed by atoms with Gasteiger partial charge in [0, 0.05) is 12.5 Å². The predicted molar refractivity (Wildman–Crippen MR) is 105 cm³/mol. The Morgan fingerprint density at radius 2 is 1.93 bits per heavy atom. The monoisotopic (exact) mass is 403 g/mol. The molecule has 29 heavy (non-hydrogen) atoms. The van der Waals surface area contributed by atoms with Gasteiger partial charge in [-0.15, -0.1) is 0 Å². The number of carbonyl (C=O) groups is 3. The van der Waals surface area contributed by atoms with Gasteiger partial charge in [-0.25, -0.2) is 9.59 Å². The number of carbonyl (C=O) groups excluding carboxylic acids is 3. The van der Waals surface area contributed by atoms with Gasteiger partial charge in [0.1, 0.15) is 23.7 Å². The van der Waals surface area contributed by atoms with Crippen LogP contribution in [0.1, 0.15) is 38.8 Å². The second-order valence-electron chi connectivity index (χ2n) is 6.87. The van der Waals surface area contributed by atoms with Gasteiger partial charge < -0.3 is 24.8 Å². The average Bonchev–Trinajstić information content (AvgIpc) is 2.63. The lowest BCUT2D eigenvalue weighted by molar-refractivity contribution is -0.137. The summed E-state index contributed by atoms with van der Waals surface area (Å²) in [5.41, 5.74) is 0.0890. The Labute approximate surface area is 169 Å². The topological polar surface area (TPSA) is 127 Å². The Morgan fingerprint density at radius 3 is 2.48 bits per heavy atom. The number of nitriles is 1. The van der Waals surface area contributed by atoms with Gasteiger partial charge in [-0.1, -0.05) is 0 Å². The number of nitrogens with zero attached hydrogens (tertiary/aromatic N) is 1. The molecule has 156 valence electrons. The molecule has 0 saturated heterocycles. The molecule has 2 N–H and O–H groups in total. The number of alkyl carbamates (subject to hydrolysis) is 1. The standard InChI is InChI=1S/C20H25N3O6/c1-13(24)23-16(18(25)27-5)11-15-7-6-14(12-21)10-17(15)28-9-8-22-19(26)29-20(2,3)4/h6-7,10-11H,8-9H2,1-5H3,(H,22,26)(H,23,24)/b16-11-. The second kappa shape index (κ2) is 10.7. The van der Waals surface area contributed by atoms with Crippen LogP contribution in [0.25, 0.3) is 6.08 Å². The lowest BCUT2D eigenvalue weighted by Crippen LogP contribution is -2.34. The highest BCUT2D eigenvalue weighted by molar-refractivity contribution is 5.97. The van der Waals surface area contributed by atoms with E-state index in [1.165, 1.54) is 26.2 Å². The first-order valence-corrected chi connectivity index (χ1v) is 8.77. The van der Waals surface area contributed by atoms with Crippen LogP contribution < -0.4 is 15.4 Å². The zero-order valence-corrected chi connectivity index (χ0v) is 17.1. The van der Waals surface area contributed by atoms with Crippen molar-refractivity contribution >= 4 is 24.0 Å². The van der Waals surface area contributed by atoms with Crippen molar-refractivity contribution in [2.45, 2.75) is 33.3 Å². The van der Waals surface area contributed by atoms with E-state index in [0.29, 0.717) is 16.9 Å². The van der Waals surface area contributed by atoms with Crippen LogP contribution in [0, 0.1) is 11.3 Å². The number of amides is 2. The molecule has 0 atom stereocenters. The van der Waals surface area contributed by atoms with Gasteiger partial charge in [0.25, 0.3) is 0 Å². The Hall–Kier alpha value is -3.54. The van der Waals surface area contributed by atoms with Crippen LogP contribution in [0.3, 0.4) is 0 Å². The molecule has 0 saturated carbocycles. The minimum Gasteiger partial charge on any atom is -0.491 e. The Bertz CT molecular complexity index is 834. The smallest absolute Gasteiger partial charge is 0.407 e. The summed E-state index contributed by atoms with van der Waals surface area (Å²) in [6, 6.07) is 6.60. The molecule has 1 aromatic rings. The van der Waals surface area contributed by atoms with E-state index in [2.05, 4.69) is 15.4 Å². The molecule has 1 aromatic carbocycles. The third-order valence-corrected chi connectivity index (χ3v) is 3.19. The summed E-state index contributed by atoms with van der Waals surface area (Å²) in [4.78, 5) is 34.9. The molecule has 0 aliphatic heterocycles. The summed E-state index contributed by atoms with van der Waals surface area (Å²) in [5, 5.41) is 14.1. The number of nitrogens with one attached hydrogen (secondary N) is 2. The first-order chi connectivity index (χ1) is 13.6. The number of esters is 1. The molecule has 0 aliphatic carbocycles. The van der Waals surface area contributed by atoms with Crippen LogP contribution in [-0.4, -0.2) is 43.8 Å². The van der Waals surface area contributed by atoms with Crippen molar-refractivity contribution in [3.8, 4) is 11.8 Å². The maximum absolute atomic E-state index is 11.9. The molecule has 1 rings (SSSR count). The molecule has 9 heteroatoms. The van der Waals surface area contributed by atoms with Crippen molar-refractivity contribution in [2.75, 3.05) is 20.3 Å². The summed E-state index contributed by atoms with van der Waals surface area (Å²) in [5.74, 6) is -0.886. The van der Waals surface area contributed by atoms with Crippen molar-refractivity contribution in [1.82, 2.24) is 10.6 Å². The van der Waals surface area contributed by atoms with Gasteiger partial charge in [-0.05, 0) is 45.0 Å². The van der Waals surface area contributed by atoms with Crippen LogP contribution in [0.15, 0.2) is 23.9 Å². The maximum atomic E-state index is 11.9. The maximum Gasteiger partial charge on any atom is 0.407 e. The van der Waals surface area contributed by atoms with Crippen LogP contribution >= 0.6 is 0 Å². The number of methoxy groups -OCH3 is 1. The average molecular weight is 403 g/mol. The summed E-state index contributed by atoms with van der Waals surface area (Å²) < 4.78 is 15.4. The molecule has 0 aliphatic rings. The van der Waals surface area contributed by atoms with Crippen LogP contribution in [0.5, 0.6) is 5.75 Å². The second-order valence-corrected chi connectivity index (χ2v) is 6.87. The fourth-order valence-corrected chi connectivity index (χ4v) is 2.08. The van der Waals surface area contributed by atoms with Crippen LogP contribution in [-0.2, 0) is 19.1 Å². The highest BCUT2D eigenvalue weighted by atomic mass is 16.6. The summed E-state index contributed by atoms with van der Waals surface area (Å²) in [6.45, 7) is 6.76. The summed E-state index contributed by atoms with van der Waals surface area (Å²) in [6.07, 6.45) is 0.802. The minimum atomic E-state index is -0.734. The molecule has 0 spiro atoms. The SMILES string of the molecule is COC(=O)/C(=C/c1ccc(C#N)cc1OCCNC(=O)OC(C)(C)C)NC(C)=O. The summed E-state index contributed by atoms with van der Waals surface area (Å²) in [7, 11) is 1.19. The van der Waals surface area contributed by atoms with E-state index in [4.69, 9.17) is 14.7 Å². The van der Waals surface area contributed by atoms with Gasteiger partial charge >= 0.3 is 12.1 Å². The van der Waals surface area contributed by atoms with E-state index in [1.807, 2.05) is 6.07 Å². The molecule has 0 fully saturated rings. The molecule has 9 nitrogen and oxygen atoms in total. The molecule has 2 amide bonds. The number of ether oxygens (including phenoxy) is 3. The third-order valence-electron chi connectivity index (χ3n) is 3.19. The van der Waals surface area contributed by atoms with E-state index < -0.39 is 23.6 Å². The number of hydrogen-bond donors (Lipinski definition) is 2. The van der Waals surface area contributed by atoms with Crippen LogP contribution in [0.2, 0.25) is 0 Å². The number of hydrogen-bond acceptors (Lipinski definition) is 7. The molecular formula is C20H25N3O6. The van der Waals surface area contributed by atoms with Crippen molar-refractivity contribution in [1.29, 1.82) is 5.26 Å². The van der Waals surface area contributed by atoms with Crippen molar-refractivity contribution < 1.29 is 28.6 Å². The molecule has 0 radical (unpaired) electrons. The van der Waals surface area contributed by atoms with E-state index in [-0.39, 0.29) is 18.8 Å². The lowest BCUT2D eigenvalue weighted by atomic mass is 10.1. The molecule has 0 aromatic heterocycles. The van der Waals surface area contributed by atoms with E-state index in [0.717, 1.165) is 0 Å². The van der Waals surface area contributed by atoms with E-state index in [1.54, 1.807) is 32.9 Å². The fraction of sp³-hybridized carbons (Fsp3) is 0.400. The van der Waals surface area contributed by atoms with Crippen molar-refractivity contribution in [3.63, 3.8) is 0 Å². The lowest BCUT2D eigenvalue weighted by Gasteiger charge is -2.19. The van der Waals surface area contributed by atoms with Gasteiger partial charge in [0.15, 0.2) is 0 Å². The van der Waals surface area contributed by atoms with Gasteiger partial charge in [-0.2, -0.15) is 5.26 Å². The third kappa shape index (κ3) is 8.79. The van der Waals surface area contributed by atoms with Gasteiger partial charge in [0.2, 0.25) is 5.91 Å². The normalized spacial score (nSPS) is 11.1. The van der Waals surface area contributed by atoms with E-state index >= 15 is 0 Å². The van der Waals surface area contributed by atoms with Crippen molar-refractivity contribution in [2.24, 2.45) is 0 Å². The van der Waals surface area contributed by atoms with Crippen molar-refractivity contribution in [3.05, 3.63) is 35.0 Å². The van der Waals surface area contributed by atoms with E-state index in [9.17, 15) is 14.4 Å². The Balaban J connectivity index is 2.95. The predicted octanol–water partition coefficient (Wildman–Crippen LogP) is 2.11. The molecule has 0 unspecified atom stereocenters. The highest BCUT2D eigenvalue weighted by Gasteiger charge is 2.16. The first kappa shape index (κ1) is 23.5. The minimum absolute atomic E-state index is 0.0820. The van der Waals surface area contributed by atoms with Crippen LogP contribution in [0.4, 0.5) is 4.79 Å². The number of rotatable bonds is 7. The fourth-order valence-electron chi connectivity index (χ4n) is 2.08. The van der Waals surface area contributed by atoms with Gasteiger partial charge in [-0.3, -0.25) is 4.79 Å². The number of benzene rings is 1. The quantitative estimate of drug-likeness (QED) is 0.405. The first-order valence-electron chi connectivity index (χ1n) is 8.77. The molecule has 0 bridgehead atoms. The highest BCUT2D eigenvalue weighted by Crippen LogP contribution is 2.23. The zero-order valence-electron chi connectivity index (χ0n) is 17.1. The Kier molecular flexibility index (Phi) is 8.68. The molecule has 0 heterocycles. The Morgan fingerprint density at radius 1 is 1.24 bits per heavy atom. The largest absolute Gasteiger partial charge is 0.491 e.